The Kier molecular flexibility index (Phi) is 5.14. The highest BCUT2D eigenvalue weighted by Gasteiger charge is 2.16. The summed E-state index contributed by atoms with van der Waals surface area (Å²) in [6.07, 6.45) is 0. The third-order valence-corrected chi connectivity index (χ3v) is 3.95. The number of hydrogen-bond acceptors (Lipinski definition) is 6. The van der Waals surface area contributed by atoms with Crippen molar-refractivity contribution in [1.82, 2.24) is 10.1 Å². The normalized spacial score (nSPS) is 10.5. The molecular formula is C18H15BrN2O4. The molecule has 7 heteroatoms. The van der Waals surface area contributed by atoms with Crippen molar-refractivity contribution < 1.29 is 18.8 Å². The van der Waals surface area contributed by atoms with Crippen molar-refractivity contribution in [3.8, 4) is 17.1 Å². The van der Waals surface area contributed by atoms with E-state index in [0.717, 1.165) is 15.6 Å². The molecule has 0 aliphatic heterocycles. The van der Waals surface area contributed by atoms with Crippen LogP contribution in [0.15, 0.2) is 51.5 Å². The minimum atomic E-state index is -0.511. The quantitative estimate of drug-likeness (QED) is 0.596. The van der Waals surface area contributed by atoms with E-state index in [2.05, 4.69) is 26.1 Å². The van der Waals surface area contributed by atoms with Crippen LogP contribution >= 0.6 is 15.9 Å². The molecule has 0 atom stereocenters. The third-order valence-electron chi connectivity index (χ3n) is 3.45. The molecule has 0 fully saturated rings. The predicted molar refractivity (Wildman–Crippen MR) is 94.3 cm³/mol. The predicted octanol–water partition coefficient (Wildman–Crippen LogP) is 4.17. The highest BCUT2D eigenvalue weighted by molar-refractivity contribution is 9.10. The van der Waals surface area contributed by atoms with Crippen molar-refractivity contribution in [2.45, 2.75) is 13.5 Å². The van der Waals surface area contributed by atoms with Gasteiger partial charge >= 0.3 is 5.97 Å². The first-order valence-corrected chi connectivity index (χ1v) is 8.26. The third kappa shape index (κ3) is 4.06. The van der Waals surface area contributed by atoms with Gasteiger partial charge in [0.15, 0.2) is 6.61 Å². The molecule has 0 aliphatic carbocycles. The second-order valence-electron chi connectivity index (χ2n) is 5.30. The van der Waals surface area contributed by atoms with E-state index >= 15 is 0 Å². The monoisotopic (exact) mass is 402 g/mol. The Hall–Kier alpha value is -2.67. The minimum absolute atomic E-state index is 0.114. The molecule has 3 aromatic rings. The number of ether oxygens (including phenoxy) is 2. The summed E-state index contributed by atoms with van der Waals surface area (Å²) in [6.45, 7) is 1.77. The molecule has 128 valence electrons. The largest absolute Gasteiger partial charge is 0.496 e. The molecule has 0 saturated carbocycles. The van der Waals surface area contributed by atoms with Crippen LogP contribution < -0.4 is 4.74 Å². The summed E-state index contributed by atoms with van der Waals surface area (Å²) in [6, 6.07) is 12.8. The molecule has 3 rings (SSSR count). The van der Waals surface area contributed by atoms with Crippen LogP contribution in [0.4, 0.5) is 0 Å². The fourth-order valence-electron chi connectivity index (χ4n) is 2.24. The molecule has 1 aromatic heterocycles. The molecule has 0 spiro atoms. The van der Waals surface area contributed by atoms with Gasteiger partial charge in [-0.2, -0.15) is 4.98 Å². The van der Waals surface area contributed by atoms with Gasteiger partial charge in [0.25, 0.3) is 5.89 Å². The lowest BCUT2D eigenvalue weighted by Gasteiger charge is -2.08. The lowest BCUT2D eigenvalue weighted by atomic mass is 10.1. The van der Waals surface area contributed by atoms with Crippen LogP contribution in [0, 0.1) is 6.92 Å². The van der Waals surface area contributed by atoms with E-state index in [1.54, 1.807) is 12.1 Å². The molecule has 0 bridgehead atoms. The number of halogens is 1. The summed E-state index contributed by atoms with van der Waals surface area (Å²) in [4.78, 5) is 16.5. The van der Waals surface area contributed by atoms with E-state index in [-0.39, 0.29) is 12.5 Å². The Balaban J connectivity index is 1.70. The van der Waals surface area contributed by atoms with Crippen LogP contribution in [0.1, 0.15) is 21.8 Å². The SMILES string of the molecule is COc1ccc(C)cc1C(=O)OCc1nc(-c2cccc(Br)c2)no1. The number of hydrogen-bond donors (Lipinski definition) is 0. The van der Waals surface area contributed by atoms with Gasteiger partial charge in [-0.25, -0.2) is 4.79 Å². The first-order valence-electron chi connectivity index (χ1n) is 7.47. The van der Waals surface area contributed by atoms with Gasteiger partial charge in [0.05, 0.1) is 7.11 Å². The number of rotatable bonds is 5. The van der Waals surface area contributed by atoms with Crippen molar-refractivity contribution >= 4 is 21.9 Å². The standard InChI is InChI=1S/C18H15BrN2O4/c1-11-6-7-15(23-2)14(8-11)18(22)24-10-16-20-17(21-25-16)12-4-3-5-13(19)9-12/h3-9H,10H2,1-2H3. The molecule has 0 N–H and O–H groups in total. The number of carbonyl (C=O) groups excluding carboxylic acids is 1. The maximum absolute atomic E-state index is 12.3. The lowest BCUT2D eigenvalue weighted by molar-refractivity contribution is 0.0426. The van der Waals surface area contributed by atoms with E-state index < -0.39 is 5.97 Å². The zero-order valence-corrected chi connectivity index (χ0v) is 15.2. The number of esters is 1. The highest BCUT2D eigenvalue weighted by atomic mass is 79.9. The van der Waals surface area contributed by atoms with Crippen molar-refractivity contribution in [1.29, 1.82) is 0 Å². The van der Waals surface area contributed by atoms with Gasteiger partial charge in [0.2, 0.25) is 5.82 Å². The molecule has 2 aromatic carbocycles. The number of carbonyl (C=O) groups is 1. The van der Waals surface area contributed by atoms with Crippen molar-refractivity contribution in [2.75, 3.05) is 7.11 Å². The second kappa shape index (κ2) is 7.48. The van der Waals surface area contributed by atoms with Crippen molar-refractivity contribution in [3.63, 3.8) is 0 Å². The van der Waals surface area contributed by atoms with Gasteiger partial charge in [-0.3, -0.25) is 0 Å². The molecule has 0 aliphatic rings. The summed E-state index contributed by atoms with van der Waals surface area (Å²) in [5.74, 6) is 0.592. The van der Waals surface area contributed by atoms with E-state index in [9.17, 15) is 4.79 Å². The molecule has 0 amide bonds. The van der Waals surface area contributed by atoms with E-state index in [0.29, 0.717) is 17.1 Å². The summed E-state index contributed by atoms with van der Waals surface area (Å²) >= 11 is 3.39. The number of nitrogens with zero attached hydrogens (tertiary/aromatic N) is 2. The fraction of sp³-hybridized carbons (Fsp3) is 0.167. The fourth-order valence-corrected chi connectivity index (χ4v) is 2.64. The smallest absolute Gasteiger partial charge is 0.342 e. The van der Waals surface area contributed by atoms with E-state index in [4.69, 9.17) is 14.0 Å². The maximum atomic E-state index is 12.3. The number of methoxy groups -OCH3 is 1. The maximum Gasteiger partial charge on any atom is 0.342 e. The van der Waals surface area contributed by atoms with E-state index in [1.165, 1.54) is 7.11 Å². The molecular weight excluding hydrogens is 388 g/mol. The first kappa shape index (κ1) is 17.2. The van der Waals surface area contributed by atoms with Crippen LogP contribution in [0.2, 0.25) is 0 Å². The Bertz CT molecular complexity index is 908. The van der Waals surface area contributed by atoms with Gasteiger partial charge in [-0.15, -0.1) is 0 Å². The lowest BCUT2D eigenvalue weighted by Crippen LogP contribution is -2.07. The Morgan fingerprint density at radius 2 is 2.08 bits per heavy atom. The summed E-state index contributed by atoms with van der Waals surface area (Å²) in [5, 5.41) is 3.90. The number of aromatic nitrogens is 2. The van der Waals surface area contributed by atoms with Crippen molar-refractivity contribution in [2.24, 2.45) is 0 Å². The van der Waals surface area contributed by atoms with Gasteiger partial charge < -0.3 is 14.0 Å². The van der Waals surface area contributed by atoms with Gasteiger partial charge in [0, 0.05) is 10.0 Å². The summed E-state index contributed by atoms with van der Waals surface area (Å²) in [5.41, 5.74) is 2.09. The number of aryl methyl sites for hydroxylation is 1. The summed E-state index contributed by atoms with van der Waals surface area (Å²) in [7, 11) is 1.50. The summed E-state index contributed by atoms with van der Waals surface area (Å²) < 4.78 is 16.5. The minimum Gasteiger partial charge on any atom is -0.496 e. The van der Waals surface area contributed by atoms with Crippen LogP contribution in [0.3, 0.4) is 0 Å². The average Bonchev–Trinajstić information content (AvgIpc) is 3.08. The topological polar surface area (TPSA) is 74.5 Å². The molecule has 0 radical (unpaired) electrons. The molecule has 25 heavy (non-hydrogen) atoms. The van der Waals surface area contributed by atoms with Gasteiger partial charge in [-0.1, -0.05) is 44.8 Å². The van der Waals surface area contributed by atoms with Gasteiger partial charge in [0.1, 0.15) is 11.3 Å². The van der Waals surface area contributed by atoms with Crippen molar-refractivity contribution in [3.05, 3.63) is 64.0 Å². The molecule has 0 saturated heterocycles. The van der Waals surface area contributed by atoms with Crippen LogP contribution in [-0.4, -0.2) is 23.2 Å². The Morgan fingerprint density at radius 3 is 2.84 bits per heavy atom. The van der Waals surface area contributed by atoms with Crippen LogP contribution in [0.25, 0.3) is 11.4 Å². The van der Waals surface area contributed by atoms with Gasteiger partial charge in [-0.05, 0) is 31.2 Å². The first-order chi connectivity index (χ1) is 12.1. The second-order valence-corrected chi connectivity index (χ2v) is 6.22. The molecule has 0 unspecified atom stereocenters. The Morgan fingerprint density at radius 1 is 1.24 bits per heavy atom. The molecule has 1 heterocycles. The number of benzene rings is 2. The van der Waals surface area contributed by atoms with Crippen LogP contribution in [-0.2, 0) is 11.3 Å². The van der Waals surface area contributed by atoms with Crippen LogP contribution in [0.5, 0.6) is 5.75 Å². The highest BCUT2D eigenvalue weighted by Crippen LogP contribution is 2.22. The zero-order valence-electron chi connectivity index (χ0n) is 13.7. The Labute approximate surface area is 152 Å². The zero-order chi connectivity index (χ0) is 17.8. The van der Waals surface area contributed by atoms with E-state index in [1.807, 2.05) is 37.3 Å². The molecule has 6 nitrogen and oxygen atoms in total. The average molecular weight is 403 g/mol.